The summed E-state index contributed by atoms with van der Waals surface area (Å²) in [7, 11) is 1.28. The second-order valence-electron chi connectivity index (χ2n) is 26.3. The molecular weight excluding hydrogens is 1060 g/mol. The highest BCUT2D eigenvalue weighted by molar-refractivity contribution is 7.45. The van der Waals surface area contributed by atoms with E-state index < -0.39 is 20.0 Å². The van der Waals surface area contributed by atoms with Crippen LogP contribution in [0.4, 0.5) is 0 Å². The molecule has 0 saturated carbocycles. The molecule has 0 rings (SSSR count). The lowest BCUT2D eigenvalue weighted by atomic mass is 10.0. The molecule has 9 heteroatoms. The number of phosphoric ester groups is 1. The number of unbranched alkanes of at least 4 members (excludes halogenated alkanes) is 47. The molecule has 0 heterocycles. The van der Waals surface area contributed by atoms with Crippen LogP contribution in [-0.4, -0.2) is 68.5 Å². The van der Waals surface area contributed by atoms with Crippen molar-refractivity contribution in [1.29, 1.82) is 0 Å². The molecule has 84 heavy (non-hydrogen) atoms. The third-order valence-electron chi connectivity index (χ3n) is 16.7. The monoisotopic (exact) mass is 1200 g/mol. The van der Waals surface area contributed by atoms with Crippen molar-refractivity contribution in [3.8, 4) is 0 Å². The van der Waals surface area contributed by atoms with E-state index >= 15 is 0 Å². The van der Waals surface area contributed by atoms with Gasteiger partial charge in [0, 0.05) is 6.42 Å². The summed E-state index contributed by atoms with van der Waals surface area (Å²) in [5, 5.41) is 14.0. The fourth-order valence-corrected chi connectivity index (χ4v) is 11.8. The van der Waals surface area contributed by atoms with Crippen molar-refractivity contribution < 1.29 is 32.9 Å². The molecule has 0 aromatic carbocycles. The van der Waals surface area contributed by atoms with Gasteiger partial charge in [-0.15, -0.1) is 0 Å². The number of carbonyl (C=O) groups is 1. The van der Waals surface area contributed by atoms with E-state index in [0.717, 1.165) is 64.2 Å². The molecule has 0 fully saturated rings. The van der Waals surface area contributed by atoms with E-state index in [4.69, 9.17) is 9.05 Å². The number of rotatable bonds is 68. The quantitative estimate of drug-likeness (QED) is 0.0272. The molecular formula is C75H143N2O6P. The van der Waals surface area contributed by atoms with Gasteiger partial charge in [-0.1, -0.05) is 357 Å². The summed E-state index contributed by atoms with van der Waals surface area (Å²) < 4.78 is 23.5. The fourth-order valence-electron chi connectivity index (χ4n) is 11.1. The van der Waals surface area contributed by atoms with E-state index in [-0.39, 0.29) is 19.1 Å². The van der Waals surface area contributed by atoms with Crippen LogP contribution >= 0.6 is 7.82 Å². The summed E-state index contributed by atoms with van der Waals surface area (Å²) in [6, 6.07) is -0.889. The summed E-state index contributed by atoms with van der Waals surface area (Å²) in [6.07, 6.45) is 90.7. The van der Waals surface area contributed by atoms with Crippen LogP contribution in [0.25, 0.3) is 0 Å². The Kier molecular flexibility index (Phi) is 64.2. The van der Waals surface area contributed by atoms with Crippen molar-refractivity contribution in [2.75, 3.05) is 40.9 Å². The number of amides is 1. The number of quaternary nitrogens is 1. The lowest BCUT2D eigenvalue weighted by Crippen LogP contribution is -2.45. The predicted molar refractivity (Wildman–Crippen MR) is 367 cm³/mol. The van der Waals surface area contributed by atoms with Crippen LogP contribution in [0.15, 0.2) is 60.8 Å². The van der Waals surface area contributed by atoms with Crippen molar-refractivity contribution in [3.05, 3.63) is 60.8 Å². The molecule has 494 valence electrons. The SMILES string of the molecule is CC/C=C\C/C=C\C/C=C\C/C=C\CCCCCCCCCCCCCCCCCCCCCCC(=O)NC(COP(=O)([O-])OCC[N+](C)(C)C)C(O)/C=C/CCCCCCCCCCCCCCCCCCCCCCCCCCCCC. The largest absolute Gasteiger partial charge is 0.756 e. The van der Waals surface area contributed by atoms with E-state index in [1.807, 2.05) is 27.2 Å². The summed E-state index contributed by atoms with van der Waals surface area (Å²) in [4.78, 5) is 25.7. The van der Waals surface area contributed by atoms with Gasteiger partial charge in [-0.05, 0) is 57.8 Å². The highest BCUT2D eigenvalue weighted by Gasteiger charge is 2.23. The van der Waals surface area contributed by atoms with Crippen molar-refractivity contribution in [2.24, 2.45) is 0 Å². The summed E-state index contributed by atoms with van der Waals surface area (Å²) >= 11 is 0. The van der Waals surface area contributed by atoms with Crippen LogP contribution in [0.3, 0.4) is 0 Å². The summed E-state index contributed by atoms with van der Waals surface area (Å²) in [5.74, 6) is -0.191. The van der Waals surface area contributed by atoms with Crippen molar-refractivity contribution in [1.82, 2.24) is 5.32 Å². The first-order chi connectivity index (χ1) is 41.0. The topological polar surface area (TPSA) is 108 Å². The minimum absolute atomic E-state index is 0.0000573. The molecule has 0 saturated heterocycles. The molecule has 0 aliphatic heterocycles. The van der Waals surface area contributed by atoms with Gasteiger partial charge in [0.25, 0.3) is 7.82 Å². The number of carbonyl (C=O) groups excluding carboxylic acids is 1. The Morgan fingerprint density at radius 2 is 0.726 bits per heavy atom. The number of likely N-dealkylation sites (N-methyl/N-ethyl adjacent to an activating group) is 1. The third kappa shape index (κ3) is 67.7. The van der Waals surface area contributed by atoms with Gasteiger partial charge in [0.15, 0.2) is 0 Å². The van der Waals surface area contributed by atoms with Crippen LogP contribution < -0.4 is 10.2 Å². The van der Waals surface area contributed by atoms with Crippen molar-refractivity contribution >= 4 is 13.7 Å². The van der Waals surface area contributed by atoms with Crippen LogP contribution in [-0.2, 0) is 18.4 Å². The maximum absolute atomic E-state index is 13.1. The summed E-state index contributed by atoms with van der Waals surface area (Å²) in [5.41, 5.74) is 0. The third-order valence-corrected chi connectivity index (χ3v) is 17.7. The first-order valence-electron chi connectivity index (χ1n) is 36.7. The second kappa shape index (κ2) is 65.6. The van der Waals surface area contributed by atoms with E-state index in [0.29, 0.717) is 17.4 Å². The molecule has 0 aromatic rings. The molecule has 8 nitrogen and oxygen atoms in total. The zero-order valence-corrected chi connectivity index (χ0v) is 57.5. The zero-order chi connectivity index (χ0) is 61.2. The second-order valence-corrected chi connectivity index (χ2v) is 27.7. The Bertz CT molecular complexity index is 1550. The number of aliphatic hydroxyl groups is 1. The minimum atomic E-state index is -4.61. The first-order valence-corrected chi connectivity index (χ1v) is 38.1. The van der Waals surface area contributed by atoms with E-state index in [9.17, 15) is 19.4 Å². The predicted octanol–water partition coefficient (Wildman–Crippen LogP) is 22.9. The van der Waals surface area contributed by atoms with Gasteiger partial charge in [0.2, 0.25) is 5.91 Å². The standard InChI is InChI=1S/C75H143N2O6P/c1-6-8-10-12-14-16-18-20-22-24-26-28-30-32-34-36-37-38-39-41-43-45-47-49-51-53-55-57-59-61-63-65-67-69-75(79)76-73(72-83-84(80,81)82-71-70-77(3,4)5)74(78)68-66-64-62-60-58-56-54-52-50-48-46-44-42-40-35-33-31-29-27-25-23-21-19-17-15-13-11-9-7-2/h8,10,14,16,20,22,26,28,66,68,73-74,78H,6-7,9,11-13,15,17-19,21,23-25,27,29-65,67,69-72H2,1-5H3,(H-,76,79,80,81)/b10-8-,16-14-,22-20-,28-26-,68-66+. The lowest BCUT2D eigenvalue weighted by Gasteiger charge is -2.29. The van der Waals surface area contributed by atoms with Crippen molar-refractivity contribution in [2.45, 2.75) is 373 Å². The first kappa shape index (κ1) is 82.2. The van der Waals surface area contributed by atoms with Crippen LogP contribution in [0.1, 0.15) is 361 Å². The van der Waals surface area contributed by atoms with Gasteiger partial charge >= 0.3 is 0 Å². The molecule has 3 atom stereocenters. The lowest BCUT2D eigenvalue weighted by molar-refractivity contribution is -0.870. The molecule has 0 aliphatic rings. The van der Waals surface area contributed by atoms with Crippen molar-refractivity contribution in [3.63, 3.8) is 0 Å². The molecule has 0 spiro atoms. The maximum atomic E-state index is 13.1. The smallest absolute Gasteiger partial charge is 0.268 e. The maximum Gasteiger partial charge on any atom is 0.268 e. The zero-order valence-electron chi connectivity index (χ0n) is 56.6. The molecule has 1 amide bonds. The summed E-state index contributed by atoms with van der Waals surface area (Å²) in [6.45, 7) is 4.59. The molecule has 3 unspecified atom stereocenters. The Morgan fingerprint density at radius 1 is 0.429 bits per heavy atom. The number of nitrogens with zero attached hydrogens (tertiary/aromatic N) is 1. The number of hydrogen-bond acceptors (Lipinski definition) is 6. The van der Waals surface area contributed by atoms with Gasteiger partial charge in [0.05, 0.1) is 39.9 Å². The van der Waals surface area contributed by atoms with Gasteiger partial charge < -0.3 is 28.8 Å². The molecule has 0 aliphatic carbocycles. The van der Waals surface area contributed by atoms with Gasteiger partial charge in [-0.2, -0.15) is 0 Å². The Labute approximate surface area is 523 Å². The van der Waals surface area contributed by atoms with Crippen LogP contribution in [0.5, 0.6) is 0 Å². The van der Waals surface area contributed by atoms with Gasteiger partial charge in [-0.3, -0.25) is 9.36 Å². The Morgan fingerprint density at radius 3 is 1.06 bits per heavy atom. The number of aliphatic hydroxyl groups excluding tert-OH is 1. The molecule has 0 aromatic heterocycles. The van der Waals surface area contributed by atoms with E-state index in [1.54, 1.807) is 6.08 Å². The highest BCUT2D eigenvalue weighted by Crippen LogP contribution is 2.38. The van der Waals surface area contributed by atoms with E-state index in [2.05, 4.69) is 67.8 Å². The van der Waals surface area contributed by atoms with E-state index in [1.165, 1.54) is 276 Å². The molecule has 0 radical (unpaired) electrons. The van der Waals surface area contributed by atoms with Gasteiger partial charge in [-0.25, -0.2) is 0 Å². The Balaban J connectivity index is 4.01. The molecule has 2 N–H and O–H groups in total. The number of nitrogens with one attached hydrogen (secondary N) is 1. The number of phosphoric acid groups is 1. The van der Waals surface area contributed by atoms with Gasteiger partial charge in [0.1, 0.15) is 13.2 Å². The highest BCUT2D eigenvalue weighted by atomic mass is 31.2. The Hall–Kier alpha value is -1.80. The number of hydrogen-bond donors (Lipinski definition) is 2. The number of allylic oxidation sites excluding steroid dienone is 9. The van der Waals surface area contributed by atoms with Crippen LogP contribution in [0.2, 0.25) is 0 Å². The molecule has 0 bridgehead atoms. The van der Waals surface area contributed by atoms with Crippen LogP contribution in [0, 0.1) is 0 Å². The average Bonchev–Trinajstić information content (AvgIpc) is 3.56. The minimum Gasteiger partial charge on any atom is -0.756 e. The average molecular weight is 1200 g/mol. The fraction of sp³-hybridized carbons (Fsp3) is 0.853. The normalized spacial score (nSPS) is 13.9.